The molecule has 0 aliphatic carbocycles. The Labute approximate surface area is 119 Å². The molecule has 0 aliphatic heterocycles. The van der Waals surface area contributed by atoms with E-state index in [1.54, 1.807) is 0 Å². The summed E-state index contributed by atoms with van der Waals surface area (Å²) < 4.78 is 64.6. The van der Waals surface area contributed by atoms with Crippen molar-refractivity contribution in [1.82, 2.24) is 4.31 Å². The third-order valence-electron chi connectivity index (χ3n) is 2.23. The van der Waals surface area contributed by atoms with Crippen LogP contribution in [0.3, 0.4) is 0 Å². The van der Waals surface area contributed by atoms with E-state index in [9.17, 15) is 21.6 Å². The van der Waals surface area contributed by atoms with Crippen LogP contribution >= 0.6 is 23.2 Å². The van der Waals surface area contributed by atoms with E-state index in [0.29, 0.717) is 12.1 Å². The van der Waals surface area contributed by atoms with Crippen LogP contribution in [0.2, 0.25) is 0 Å². The van der Waals surface area contributed by atoms with Crippen molar-refractivity contribution in [3.63, 3.8) is 0 Å². The maximum absolute atomic E-state index is 13.5. The van der Waals surface area contributed by atoms with Crippen LogP contribution < -0.4 is 0 Å². The third-order valence-corrected chi connectivity index (χ3v) is 4.52. The van der Waals surface area contributed by atoms with E-state index in [1.165, 1.54) is 0 Å². The van der Waals surface area contributed by atoms with E-state index < -0.39 is 32.4 Å². The van der Waals surface area contributed by atoms with E-state index in [2.05, 4.69) is 0 Å². The van der Waals surface area contributed by atoms with E-state index in [4.69, 9.17) is 23.2 Å². The molecule has 0 heterocycles. The van der Waals surface area contributed by atoms with E-state index in [1.807, 2.05) is 0 Å². The van der Waals surface area contributed by atoms with Crippen molar-refractivity contribution in [2.24, 2.45) is 0 Å². The summed E-state index contributed by atoms with van der Waals surface area (Å²) in [7, 11) is -4.46. The summed E-state index contributed by atoms with van der Waals surface area (Å²) >= 11 is 10.9. The largest absolute Gasteiger partial charge is 0.249 e. The zero-order valence-electron chi connectivity index (χ0n) is 9.54. The molecule has 1 aromatic rings. The number of alkyl halides is 2. The topological polar surface area (TPSA) is 37.4 Å². The van der Waals surface area contributed by atoms with Crippen molar-refractivity contribution in [2.45, 2.75) is 4.90 Å². The fourth-order valence-corrected chi connectivity index (χ4v) is 3.59. The van der Waals surface area contributed by atoms with Crippen LogP contribution in [0.5, 0.6) is 0 Å². The molecule has 1 aromatic carbocycles. The molecule has 0 spiro atoms. The van der Waals surface area contributed by atoms with Crippen molar-refractivity contribution >= 4 is 33.2 Å². The maximum Gasteiger partial charge on any atom is 0.249 e. The number of sulfonamides is 1. The molecule has 108 valence electrons. The van der Waals surface area contributed by atoms with Crippen molar-refractivity contribution in [3.05, 3.63) is 29.6 Å². The predicted molar refractivity (Wildman–Crippen MR) is 66.5 cm³/mol. The minimum Gasteiger partial charge on any atom is -0.207 e. The predicted octanol–water partition coefficient (Wildman–Crippen LogP) is 2.57. The van der Waals surface area contributed by atoms with Crippen molar-refractivity contribution in [3.8, 4) is 0 Å². The Bertz CT molecular complexity index is 525. The van der Waals surface area contributed by atoms with Gasteiger partial charge in [-0.1, -0.05) is 0 Å². The Kier molecular flexibility index (Phi) is 5.91. The average molecular weight is 336 g/mol. The van der Waals surface area contributed by atoms with Crippen LogP contribution in [-0.2, 0) is 10.0 Å². The molecule has 19 heavy (non-hydrogen) atoms. The van der Waals surface area contributed by atoms with Gasteiger partial charge in [0.05, 0.1) is 0 Å². The lowest BCUT2D eigenvalue weighted by Crippen LogP contribution is -2.35. The minimum absolute atomic E-state index is 0.0689. The number of hydrogen-bond acceptors (Lipinski definition) is 2. The standard InChI is InChI=1S/C10H10Cl2F3NO2S/c11-1-3-16(4-2-12)19(17,18)10-8(14)5-7(13)6-9(10)15/h5-6H,1-4H2. The molecule has 9 heteroatoms. The first-order valence-corrected chi connectivity index (χ1v) is 7.62. The minimum atomic E-state index is -4.46. The molecule has 0 saturated carbocycles. The number of rotatable bonds is 6. The van der Waals surface area contributed by atoms with Crippen LogP contribution in [0.15, 0.2) is 17.0 Å². The Morgan fingerprint density at radius 3 is 1.79 bits per heavy atom. The summed E-state index contributed by atoms with van der Waals surface area (Å²) in [4.78, 5) is -1.20. The van der Waals surface area contributed by atoms with Crippen molar-refractivity contribution < 1.29 is 21.6 Å². The number of benzene rings is 1. The summed E-state index contributed by atoms with van der Waals surface area (Å²) in [5, 5.41) is 0. The van der Waals surface area contributed by atoms with Crippen molar-refractivity contribution in [2.75, 3.05) is 24.8 Å². The molecule has 0 atom stereocenters. The summed E-state index contributed by atoms with van der Waals surface area (Å²) in [5.41, 5.74) is 0. The second-order valence-electron chi connectivity index (χ2n) is 3.48. The lowest BCUT2D eigenvalue weighted by molar-refractivity contribution is 0.431. The summed E-state index contributed by atoms with van der Waals surface area (Å²) in [6.07, 6.45) is 0. The number of hydrogen-bond donors (Lipinski definition) is 0. The fourth-order valence-electron chi connectivity index (χ4n) is 1.45. The lowest BCUT2D eigenvalue weighted by Gasteiger charge is -2.20. The first-order chi connectivity index (χ1) is 8.84. The Hall–Kier alpha value is -0.500. The molecule has 0 bridgehead atoms. The van der Waals surface area contributed by atoms with Gasteiger partial charge in [-0.15, -0.1) is 23.2 Å². The van der Waals surface area contributed by atoms with Crippen molar-refractivity contribution in [1.29, 1.82) is 0 Å². The Morgan fingerprint density at radius 1 is 1.00 bits per heavy atom. The van der Waals surface area contributed by atoms with E-state index in [-0.39, 0.29) is 24.8 Å². The molecule has 0 amide bonds. The Balaban J connectivity index is 3.33. The zero-order valence-corrected chi connectivity index (χ0v) is 11.9. The quantitative estimate of drug-likeness (QED) is 0.749. The average Bonchev–Trinajstić information content (AvgIpc) is 2.26. The van der Waals surface area contributed by atoms with Gasteiger partial charge in [-0.2, -0.15) is 4.31 Å². The highest BCUT2D eigenvalue weighted by molar-refractivity contribution is 7.89. The molecule has 0 radical (unpaired) electrons. The highest BCUT2D eigenvalue weighted by Gasteiger charge is 2.30. The third kappa shape index (κ3) is 3.75. The van der Waals surface area contributed by atoms with Crippen LogP contribution in [0.4, 0.5) is 13.2 Å². The molecule has 1 rings (SSSR count). The zero-order chi connectivity index (χ0) is 14.6. The van der Waals surface area contributed by atoms with Gasteiger partial charge in [0.2, 0.25) is 10.0 Å². The highest BCUT2D eigenvalue weighted by Crippen LogP contribution is 2.23. The second-order valence-corrected chi connectivity index (χ2v) is 6.11. The van der Waals surface area contributed by atoms with Crippen LogP contribution in [0.25, 0.3) is 0 Å². The molecule has 3 nitrogen and oxygen atoms in total. The molecule has 0 unspecified atom stereocenters. The number of halogens is 5. The van der Waals surface area contributed by atoms with Gasteiger partial charge in [0.1, 0.15) is 17.5 Å². The molecule has 0 aliphatic rings. The van der Waals surface area contributed by atoms with Crippen LogP contribution in [-0.4, -0.2) is 37.6 Å². The first-order valence-electron chi connectivity index (χ1n) is 5.11. The van der Waals surface area contributed by atoms with Crippen LogP contribution in [0.1, 0.15) is 0 Å². The maximum atomic E-state index is 13.5. The second kappa shape index (κ2) is 6.78. The SMILES string of the molecule is O=S(=O)(c1c(F)cc(F)cc1F)N(CCCl)CCCl. The molecular formula is C10H10Cl2F3NO2S. The van der Waals surface area contributed by atoms with Gasteiger partial charge in [-0.05, 0) is 0 Å². The van der Waals surface area contributed by atoms with E-state index in [0.717, 1.165) is 4.31 Å². The summed E-state index contributed by atoms with van der Waals surface area (Å²) in [6.45, 7) is -0.320. The van der Waals surface area contributed by atoms with Gasteiger partial charge in [0.25, 0.3) is 0 Å². The fraction of sp³-hybridized carbons (Fsp3) is 0.400. The molecule has 0 aromatic heterocycles. The van der Waals surface area contributed by atoms with E-state index >= 15 is 0 Å². The number of nitrogens with zero attached hydrogens (tertiary/aromatic N) is 1. The van der Waals surface area contributed by atoms with Gasteiger partial charge >= 0.3 is 0 Å². The molecule has 0 saturated heterocycles. The monoisotopic (exact) mass is 335 g/mol. The van der Waals surface area contributed by atoms with Gasteiger partial charge in [0.15, 0.2) is 4.90 Å². The lowest BCUT2D eigenvalue weighted by atomic mass is 10.3. The summed E-state index contributed by atoms with van der Waals surface area (Å²) in [5.74, 6) is -4.32. The van der Waals surface area contributed by atoms with Gasteiger partial charge in [-0.3, -0.25) is 0 Å². The normalized spacial score (nSPS) is 12.1. The first kappa shape index (κ1) is 16.6. The smallest absolute Gasteiger partial charge is 0.207 e. The highest BCUT2D eigenvalue weighted by atomic mass is 35.5. The molecular weight excluding hydrogens is 326 g/mol. The van der Waals surface area contributed by atoms with Crippen LogP contribution in [0, 0.1) is 17.5 Å². The molecule has 0 fully saturated rings. The molecule has 0 N–H and O–H groups in total. The summed E-state index contributed by atoms with van der Waals surface area (Å²) in [6, 6.07) is 0.602. The van der Waals surface area contributed by atoms with Gasteiger partial charge < -0.3 is 0 Å². The Morgan fingerprint density at radius 2 is 1.42 bits per heavy atom. The van der Waals surface area contributed by atoms with Gasteiger partial charge in [0, 0.05) is 37.0 Å². The van der Waals surface area contributed by atoms with Gasteiger partial charge in [-0.25, -0.2) is 21.6 Å².